The Morgan fingerprint density at radius 2 is 0.414 bits per heavy atom. The van der Waals surface area contributed by atoms with Gasteiger partial charge in [-0.05, 0) is 108 Å². The van der Waals surface area contributed by atoms with Gasteiger partial charge in [0, 0.05) is 21.9 Å². The number of H-pyrrole nitrogens is 2. The van der Waals surface area contributed by atoms with Gasteiger partial charge in [0.2, 0.25) is 23.0 Å². The van der Waals surface area contributed by atoms with E-state index in [0.29, 0.717) is 96.4 Å². The van der Waals surface area contributed by atoms with Gasteiger partial charge in [0.1, 0.15) is 68.6 Å². The highest BCUT2D eigenvalue weighted by Gasteiger charge is 2.39. The van der Waals surface area contributed by atoms with Crippen LogP contribution in [0.1, 0.15) is 0 Å². The number of hydrogen-bond acceptors (Lipinski definition) is 14. The Hall–Kier alpha value is -13.5. The Morgan fingerprint density at radius 1 is 0.202 bits per heavy atom. The molecule has 2 aliphatic heterocycles. The van der Waals surface area contributed by atoms with Gasteiger partial charge in [0.05, 0.1) is 21.9 Å². The Bertz CT molecular complexity index is 5600. The highest BCUT2D eigenvalue weighted by molar-refractivity contribution is 6.15. The summed E-state index contributed by atoms with van der Waals surface area (Å²) >= 11 is 0. The van der Waals surface area contributed by atoms with E-state index in [-0.39, 0.29) is 90.9 Å². The molecule has 0 atom stereocenters. The largest absolute Gasteiger partial charge is 0.452 e. The maximum Gasteiger partial charge on any atom is 0.217 e. The number of nitrogens with zero attached hydrogens (tertiary/aromatic N) is 6. The Morgan fingerprint density at radius 3 is 0.727 bits per heavy atom. The smallest absolute Gasteiger partial charge is 0.217 e. The highest BCUT2D eigenvalue weighted by Crippen LogP contribution is 2.62. The molecule has 99 heavy (non-hydrogen) atoms. The zero-order valence-corrected chi connectivity index (χ0v) is 51.7. The molecule has 5 heterocycles. The first-order valence-electron chi connectivity index (χ1n) is 30.9. The van der Waals surface area contributed by atoms with Crippen molar-refractivity contribution >= 4 is 55.1 Å². The number of aromatic amines is 2. The molecule has 0 fully saturated rings. The maximum atomic E-state index is 7.32. The molecule has 8 bridgehead atoms. The third-order valence-electron chi connectivity index (χ3n) is 15.9. The fraction of sp³-hybridized carbons (Fsp3) is 0. The summed E-state index contributed by atoms with van der Waals surface area (Å²) in [6.45, 7) is 0. The SMILES string of the molecule is O.O.[SiH4].c1ccc(Oc2c(Oc3ccccc3)c(Oc3ccccc3)c3c(c2Oc2ccccc2)-c2nc-3nc3[nH]c(nc4nc(nc5[nH]c(n2)c2ccccc52)-c2ccccc2-4)c2c(Oc4ccccc4)c(Oc4ccccc4)c(Oc4ccccc4)c(Oc4ccccc4)c32)cc1. The number of rotatable bonds is 16. The normalized spacial score (nSPS) is 11.0. The second kappa shape index (κ2) is 27.5. The van der Waals surface area contributed by atoms with Crippen molar-refractivity contribution in [3.05, 3.63) is 291 Å². The van der Waals surface area contributed by atoms with Gasteiger partial charge in [0.25, 0.3) is 0 Å². The van der Waals surface area contributed by atoms with E-state index in [9.17, 15) is 0 Å². The molecule has 17 rings (SSSR count). The number of para-hydroxylation sites is 8. The summed E-state index contributed by atoms with van der Waals surface area (Å²) in [5.41, 5.74) is 3.35. The second-order valence-electron chi connectivity index (χ2n) is 22.2. The number of nitrogens with one attached hydrogen (secondary N) is 2. The third-order valence-corrected chi connectivity index (χ3v) is 15.9. The molecule has 15 aromatic rings. The predicted octanol–water partition coefficient (Wildman–Crippen LogP) is 18.1. The molecule has 0 saturated heterocycles. The Labute approximate surface area is 569 Å². The minimum Gasteiger partial charge on any atom is -0.452 e. The second-order valence-corrected chi connectivity index (χ2v) is 22.2. The van der Waals surface area contributed by atoms with Crippen molar-refractivity contribution in [3.8, 4) is 138 Å². The van der Waals surface area contributed by atoms with E-state index in [1.54, 1.807) is 0 Å². The molecule has 12 aromatic carbocycles. The number of fused-ring (bicyclic) bond motifs is 20. The lowest BCUT2D eigenvalue weighted by Gasteiger charge is -2.23. The van der Waals surface area contributed by atoms with Crippen LogP contribution < -0.4 is 37.9 Å². The van der Waals surface area contributed by atoms with Gasteiger partial charge < -0.3 is 58.8 Å². The molecular weight excluding hydrogens is 1260 g/mol. The maximum absolute atomic E-state index is 7.32. The molecule has 482 valence electrons. The average molecular weight is 1320 g/mol. The van der Waals surface area contributed by atoms with E-state index in [0.717, 1.165) is 16.3 Å². The van der Waals surface area contributed by atoms with E-state index in [1.165, 1.54) is 0 Å². The number of ether oxygens (including phenoxy) is 8. The molecule has 0 saturated carbocycles. The minimum atomic E-state index is 0. The highest BCUT2D eigenvalue weighted by atomic mass is 28.1. The van der Waals surface area contributed by atoms with Crippen LogP contribution in [0.25, 0.3) is 89.7 Å². The third kappa shape index (κ3) is 12.3. The predicted molar refractivity (Wildman–Crippen MR) is 387 cm³/mol. The van der Waals surface area contributed by atoms with Crippen molar-refractivity contribution in [1.29, 1.82) is 0 Å². The van der Waals surface area contributed by atoms with E-state index < -0.39 is 0 Å². The van der Waals surface area contributed by atoms with Crippen molar-refractivity contribution < 1.29 is 48.8 Å². The van der Waals surface area contributed by atoms with Crippen LogP contribution in [0, 0.1) is 0 Å². The van der Waals surface area contributed by atoms with Crippen LogP contribution in [-0.4, -0.2) is 61.8 Å². The fourth-order valence-electron chi connectivity index (χ4n) is 11.6. The number of benzene rings is 12. The van der Waals surface area contributed by atoms with Gasteiger partial charge in [-0.3, -0.25) is 0 Å². The van der Waals surface area contributed by atoms with E-state index in [1.807, 2.05) is 291 Å². The van der Waals surface area contributed by atoms with Crippen molar-refractivity contribution in [1.82, 2.24) is 39.9 Å². The van der Waals surface area contributed by atoms with Crippen LogP contribution in [0.15, 0.2) is 291 Å². The van der Waals surface area contributed by atoms with Crippen molar-refractivity contribution in [3.63, 3.8) is 0 Å². The molecule has 0 spiro atoms. The van der Waals surface area contributed by atoms with Crippen LogP contribution in [0.5, 0.6) is 92.0 Å². The van der Waals surface area contributed by atoms with E-state index in [4.69, 9.17) is 67.8 Å². The topological polar surface area (TPSA) is 246 Å². The molecule has 0 unspecified atom stereocenters. The van der Waals surface area contributed by atoms with Gasteiger partial charge in [-0.25, -0.2) is 29.9 Å². The van der Waals surface area contributed by atoms with E-state index in [2.05, 4.69) is 9.97 Å². The van der Waals surface area contributed by atoms with E-state index >= 15 is 0 Å². The summed E-state index contributed by atoms with van der Waals surface area (Å²) in [7, 11) is 0. The monoisotopic (exact) mass is 1320 g/mol. The molecule has 6 N–H and O–H groups in total. The first-order chi connectivity index (χ1) is 47.6. The first kappa shape index (κ1) is 63.0. The average Bonchev–Trinajstić information content (AvgIpc) is 1.61. The molecule has 0 aliphatic carbocycles. The summed E-state index contributed by atoms with van der Waals surface area (Å²) < 4.78 is 57.9. The van der Waals surface area contributed by atoms with Crippen LogP contribution in [-0.2, 0) is 0 Å². The minimum absolute atomic E-state index is 0. The lowest BCUT2D eigenvalue weighted by Crippen LogP contribution is -2.02. The molecule has 3 aromatic heterocycles. The molecule has 2 aliphatic rings. The number of aromatic nitrogens is 8. The molecule has 18 nitrogen and oxygen atoms in total. The molecule has 0 radical (unpaired) electrons. The Balaban J connectivity index is 0.00000279. The van der Waals surface area contributed by atoms with Gasteiger partial charge >= 0.3 is 0 Å². The lowest BCUT2D eigenvalue weighted by molar-refractivity contribution is 0.368. The number of hydrogen-bond donors (Lipinski definition) is 2. The van der Waals surface area contributed by atoms with Crippen LogP contribution >= 0.6 is 0 Å². The zero-order valence-electron chi connectivity index (χ0n) is 51.7. The van der Waals surface area contributed by atoms with Gasteiger partial charge in [-0.2, -0.15) is 0 Å². The lowest BCUT2D eigenvalue weighted by atomic mass is 10.0. The van der Waals surface area contributed by atoms with Crippen LogP contribution in [0.4, 0.5) is 0 Å². The van der Waals surface area contributed by atoms with Crippen molar-refractivity contribution in [2.24, 2.45) is 0 Å². The standard InChI is InChI=1S/C80H50N8O8.2H2O.H4Si/c1-9-29-49(30-10-1)89-65-61-63(67(91-51-33-13-3-14-34-51)71(95-55-41-21-7-22-42-55)69(65)93-53-37-17-5-18-38-53)79-86-77(61)84-75-59-47-27-25-45-57(59)73(82-75)81-74-58-46-26-28-48-60(58)76(83-74)85-78-62-64(80(87-78)88-79)68(92-52-35-15-4-16-36-52)72(96-56-43-23-8-24-44-56)70(94-54-39-19-6-20-40-54)66(62)90-50-31-11-2-12-32-50;;;/h1-48H,(H2,81,82,83,84,85,86,87,88);2*1H2;1H4. The van der Waals surface area contributed by atoms with Crippen LogP contribution in [0.3, 0.4) is 0 Å². The summed E-state index contributed by atoms with van der Waals surface area (Å²) in [5, 5.41) is 2.18. The summed E-state index contributed by atoms with van der Waals surface area (Å²) in [6, 6.07) is 90.8. The summed E-state index contributed by atoms with van der Waals surface area (Å²) in [4.78, 5) is 40.4. The summed E-state index contributed by atoms with van der Waals surface area (Å²) in [6.07, 6.45) is 0. The van der Waals surface area contributed by atoms with Gasteiger partial charge in [-0.15, -0.1) is 0 Å². The van der Waals surface area contributed by atoms with Gasteiger partial charge in [-0.1, -0.05) is 194 Å². The fourth-order valence-corrected chi connectivity index (χ4v) is 11.6. The van der Waals surface area contributed by atoms with Crippen molar-refractivity contribution in [2.75, 3.05) is 0 Å². The molecule has 0 amide bonds. The van der Waals surface area contributed by atoms with Gasteiger partial charge in [0.15, 0.2) is 46.3 Å². The summed E-state index contributed by atoms with van der Waals surface area (Å²) in [5.74, 6) is 5.72. The van der Waals surface area contributed by atoms with Crippen molar-refractivity contribution in [2.45, 2.75) is 0 Å². The quantitative estimate of drug-likeness (QED) is 0.0855. The molecular formula is C80H58N8O10Si. The Kier molecular flexibility index (Phi) is 17.5. The van der Waals surface area contributed by atoms with Crippen LogP contribution in [0.2, 0.25) is 0 Å². The molecule has 19 heteroatoms. The zero-order chi connectivity index (χ0) is 63.7. The first-order valence-corrected chi connectivity index (χ1v) is 30.9.